The van der Waals surface area contributed by atoms with E-state index in [1.54, 1.807) is 0 Å². The molecule has 6 atom stereocenters. The highest BCUT2D eigenvalue weighted by atomic mass is 16.7. The van der Waals surface area contributed by atoms with Gasteiger partial charge in [0.2, 0.25) is 11.2 Å². The molecule has 0 aromatic rings. The molecule has 2 bridgehead atoms. The quantitative estimate of drug-likeness (QED) is 0.400. The summed E-state index contributed by atoms with van der Waals surface area (Å²) < 4.78 is 15.3. The fourth-order valence-electron chi connectivity index (χ4n) is 4.66. The predicted molar refractivity (Wildman–Crippen MR) is 58.3 cm³/mol. The van der Waals surface area contributed by atoms with Crippen LogP contribution in [0.2, 0.25) is 0 Å². The lowest BCUT2D eigenvalue weighted by Crippen LogP contribution is -2.64. The fraction of sp³-hybridized carbons (Fsp3) is 0.692. The molecule has 3 fully saturated rings. The molecule has 0 N–H and O–H groups in total. The zero-order valence-corrected chi connectivity index (χ0v) is 10.2. The first-order chi connectivity index (χ1) is 8.63. The molecular formula is C13H14O5. The van der Waals surface area contributed by atoms with Gasteiger partial charge in [-0.1, -0.05) is 12.2 Å². The minimum atomic E-state index is -1.07. The smallest absolute Gasteiger partial charge is 0.342 e. The van der Waals surface area contributed by atoms with E-state index in [9.17, 15) is 9.59 Å². The summed E-state index contributed by atoms with van der Waals surface area (Å²) in [5.74, 6) is -0.0398. The number of ether oxygens (including phenoxy) is 3. The maximum atomic E-state index is 12.0. The Hall–Kier alpha value is -1.36. The molecule has 0 aromatic carbocycles. The van der Waals surface area contributed by atoms with Crippen molar-refractivity contribution >= 4 is 11.9 Å². The number of carbonyl (C=O) groups excluding carboxylic acids is 2. The van der Waals surface area contributed by atoms with Gasteiger partial charge in [0.05, 0.1) is 14.2 Å². The van der Waals surface area contributed by atoms with Gasteiger partial charge in [0.15, 0.2) is 0 Å². The lowest BCUT2D eigenvalue weighted by molar-refractivity contribution is -0.162. The van der Waals surface area contributed by atoms with E-state index < -0.39 is 23.1 Å². The molecule has 0 spiro atoms. The number of allylic oxidation sites excluding steroid dienone is 2. The average Bonchev–Trinajstić information content (AvgIpc) is 2.72. The zero-order chi connectivity index (χ0) is 12.7. The SMILES string of the molecule is COC(=O)[C@]12O[C@@]1(C(=O)OC)[C@H]1[C@@H]2[C@@H]2C=C[C@H]1C2. The van der Waals surface area contributed by atoms with Crippen molar-refractivity contribution in [2.75, 3.05) is 14.2 Å². The Bertz CT molecular complexity index is 456. The summed E-state index contributed by atoms with van der Waals surface area (Å²) in [7, 11) is 2.66. The number of esters is 2. The van der Waals surface area contributed by atoms with Crippen LogP contribution in [0.1, 0.15) is 6.42 Å². The number of epoxide rings is 1. The number of hydrogen-bond acceptors (Lipinski definition) is 5. The van der Waals surface area contributed by atoms with E-state index in [1.165, 1.54) is 14.2 Å². The summed E-state index contributed by atoms with van der Waals surface area (Å²) in [5, 5.41) is 0. The molecule has 0 unspecified atom stereocenters. The molecule has 1 heterocycles. The molecule has 5 nitrogen and oxygen atoms in total. The second-order valence-corrected chi connectivity index (χ2v) is 5.56. The Balaban J connectivity index is 1.79. The minimum absolute atomic E-state index is 0.0825. The molecule has 0 radical (unpaired) electrons. The minimum Gasteiger partial charge on any atom is -0.467 e. The van der Waals surface area contributed by atoms with Crippen molar-refractivity contribution in [3.63, 3.8) is 0 Å². The number of methoxy groups -OCH3 is 2. The van der Waals surface area contributed by atoms with E-state index in [2.05, 4.69) is 12.2 Å². The highest BCUT2D eigenvalue weighted by molar-refractivity contribution is 6.02. The van der Waals surface area contributed by atoms with Gasteiger partial charge >= 0.3 is 11.9 Å². The van der Waals surface area contributed by atoms with Gasteiger partial charge in [0.1, 0.15) is 0 Å². The number of fused-ring (bicyclic) bond motifs is 8. The van der Waals surface area contributed by atoms with Crippen LogP contribution in [-0.2, 0) is 23.8 Å². The van der Waals surface area contributed by atoms with E-state index in [1.807, 2.05) is 0 Å². The molecule has 4 rings (SSSR count). The van der Waals surface area contributed by atoms with Gasteiger partial charge in [-0.3, -0.25) is 0 Å². The summed E-state index contributed by atoms with van der Waals surface area (Å²) in [6.45, 7) is 0. The highest BCUT2D eigenvalue weighted by Gasteiger charge is 2.98. The van der Waals surface area contributed by atoms with Crippen LogP contribution in [0.25, 0.3) is 0 Å². The van der Waals surface area contributed by atoms with Crippen molar-refractivity contribution in [1.29, 1.82) is 0 Å². The van der Waals surface area contributed by atoms with Crippen LogP contribution >= 0.6 is 0 Å². The maximum absolute atomic E-state index is 12.0. The fourth-order valence-corrected chi connectivity index (χ4v) is 4.66. The number of carbonyl (C=O) groups is 2. The van der Waals surface area contributed by atoms with Crippen LogP contribution in [0.5, 0.6) is 0 Å². The van der Waals surface area contributed by atoms with E-state index >= 15 is 0 Å². The Morgan fingerprint density at radius 1 is 1.06 bits per heavy atom. The second kappa shape index (κ2) is 2.79. The van der Waals surface area contributed by atoms with E-state index in [4.69, 9.17) is 14.2 Å². The summed E-state index contributed by atoms with van der Waals surface area (Å²) in [4.78, 5) is 24.0. The Morgan fingerprint density at radius 3 is 1.89 bits per heavy atom. The van der Waals surface area contributed by atoms with Gasteiger partial charge in [-0.05, 0) is 18.3 Å². The van der Waals surface area contributed by atoms with Gasteiger partial charge in [0.25, 0.3) is 0 Å². The summed E-state index contributed by atoms with van der Waals surface area (Å²) >= 11 is 0. The molecule has 1 aliphatic heterocycles. The summed E-state index contributed by atoms with van der Waals surface area (Å²) in [5.41, 5.74) is -2.13. The molecule has 96 valence electrons. The monoisotopic (exact) mass is 250 g/mol. The van der Waals surface area contributed by atoms with Crippen molar-refractivity contribution in [2.24, 2.45) is 23.7 Å². The summed E-state index contributed by atoms with van der Waals surface area (Å²) in [6.07, 6.45) is 5.29. The normalized spacial score (nSPS) is 53.2. The van der Waals surface area contributed by atoms with Crippen LogP contribution in [-0.4, -0.2) is 37.4 Å². The largest absolute Gasteiger partial charge is 0.467 e. The molecule has 0 aromatic heterocycles. The van der Waals surface area contributed by atoms with Crippen LogP contribution in [0.15, 0.2) is 12.2 Å². The van der Waals surface area contributed by atoms with E-state index in [-0.39, 0.29) is 11.8 Å². The summed E-state index contributed by atoms with van der Waals surface area (Å²) in [6, 6.07) is 0. The predicted octanol–water partition coefficient (Wildman–Crippen LogP) is 0.292. The van der Waals surface area contributed by atoms with Crippen LogP contribution in [0.4, 0.5) is 0 Å². The van der Waals surface area contributed by atoms with Crippen LogP contribution in [0, 0.1) is 23.7 Å². The molecule has 1 saturated heterocycles. The molecular weight excluding hydrogens is 236 g/mol. The topological polar surface area (TPSA) is 65.1 Å². The van der Waals surface area contributed by atoms with E-state index in [0.717, 1.165) is 6.42 Å². The molecule has 2 saturated carbocycles. The Labute approximate surface area is 104 Å². The van der Waals surface area contributed by atoms with Crippen molar-refractivity contribution in [1.82, 2.24) is 0 Å². The third kappa shape index (κ3) is 0.741. The lowest BCUT2D eigenvalue weighted by atomic mass is 9.53. The van der Waals surface area contributed by atoms with Gasteiger partial charge in [-0.15, -0.1) is 0 Å². The first kappa shape index (κ1) is 10.6. The number of hydrogen-bond donors (Lipinski definition) is 0. The first-order valence-electron chi connectivity index (χ1n) is 6.19. The van der Waals surface area contributed by atoms with Crippen LogP contribution < -0.4 is 0 Å². The molecule has 3 aliphatic carbocycles. The van der Waals surface area contributed by atoms with Gasteiger partial charge in [-0.2, -0.15) is 0 Å². The molecule has 5 heteroatoms. The lowest BCUT2D eigenvalue weighted by Gasteiger charge is -2.43. The van der Waals surface area contributed by atoms with Crippen molar-refractivity contribution in [3.8, 4) is 0 Å². The van der Waals surface area contributed by atoms with Crippen molar-refractivity contribution in [2.45, 2.75) is 17.6 Å². The van der Waals surface area contributed by atoms with Gasteiger partial charge in [0, 0.05) is 11.8 Å². The zero-order valence-electron chi connectivity index (χ0n) is 10.2. The molecule has 18 heavy (non-hydrogen) atoms. The Kier molecular flexibility index (Phi) is 1.64. The third-order valence-electron chi connectivity index (χ3n) is 5.21. The van der Waals surface area contributed by atoms with Crippen LogP contribution in [0.3, 0.4) is 0 Å². The average molecular weight is 250 g/mol. The molecule has 0 amide bonds. The van der Waals surface area contributed by atoms with Crippen molar-refractivity contribution in [3.05, 3.63) is 12.2 Å². The highest BCUT2D eigenvalue weighted by Crippen LogP contribution is 2.79. The standard InChI is InChI=1S/C13H14O5/c1-16-10(14)12-8-6-3-4-7(5-6)9(8)13(12,18-12)11(15)17-2/h3-4,6-9H,5H2,1-2H3/t6-,7+,8+,9-,12+,13-. The van der Waals surface area contributed by atoms with E-state index in [0.29, 0.717) is 11.8 Å². The van der Waals surface area contributed by atoms with Gasteiger partial charge < -0.3 is 14.2 Å². The third-order valence-corrected chi connectivity index (χ3v) is 5.21. The first-order valence-corrected chi connectivity index (χ1v) is 6.19. The second-order valence-electron chi connectivity index (χ2n) is 5.56. The Morgan fingerprint density at radius 2 is 1.50 bits per heavy atom. The maximum Gasteiger partial charge on any atom is 0.342 e. The number of rotatable bonds is 2. The van der Waals surface area contributed by atoms with Gasteiger partial charge in [-0.25, -0.2) is 9.59 Å². The van der Waals surface area contributed by atoms with Crippen molar-refractivity contribution < 1.29 is 23.8 Å². The molecule has 4 aliphatic rings.